The first kappa shape index (κ1) is 13.4. The maximum absolute atomic E-state index is 11.5. The van der Waals surface area contributed by atoms with Gasteiger partial charge in [0.15, 0.2) is 5.76 Å². The molecule has 0 spiro atoms. The van der Waals surface area contributed by atoms with Crippen molar-refractivity contribution >= 4 is 29.7 Å². The molecule has 0 aromatic carbocycles. The van der Waals surface area contributed by atoms with E-state index in [0.29, 0.717) is 10.7 Å². The Morgan fingerprint density at radius 1 is 1.65 bits per heavy atom. The van der Waals surface area contributed by atoms with Crippen molar-refractivity contribution in [3.05, 3.63) is 28.0 Å². The fourth-order valence-corrected chi connectivity index (χ4v) is 1.42. The van der Waals surface area contributed by atoms with E-state index in [1.165, 1.54) is 6.07 Å². The van der Waals surface area contributed by atoms with E-state index >= 15 is 0 Å². The zero-order valence-corrected chi connectivity index (χ0v) is 10.3. The number of rotatable bonds is 3. The Balaban J connectivity index is 1.94. The van der Waals surface area contributed by atoms with E-state index in [4.69, 9.17) is 4.42 Å². The summed E-state index contributed by atoms with van der Waals surface area (Å²) in [6.45, 7) is 1.62. The van der Waals surface area contributed by atoms with Gasteiger partial charge in [0, 0.05) is 5.71 Å². The van der Waals surface area contributed by atoms with Crippen molar-refractivity contribution in [3.63, 3.8) is 0 Å². The summed E-state index contributed by atoms with van der Waals surface area (Å²) in [7, 11) is 0. The Morgan fingerprint density at radius 2 is 2.40 bits per heavy atom. The van der Waals surface area contributed by atoms with Crippen molar-refractivity contribution < 1.29 is 18.9 Å². The van der Waals surface area contributed by atoms with Gasteiger partial charge in [-0.15, -0.1) is 5.01 Å². The van der Waals surface area contributed by atoms with Crippen molar-refractivity contribution in [1.82, 2.24) is 10.4 Å². The zero-order chi connectivity index (χ0) is 14.7. The number of amides is 3. The second-order valence-electron chi connectivity index (χ2n) is 3.83. The number of carbonyl (C=O) groups excluding carboxylic acids is 2. The third-order valence-corrected chi connectivity index (χ3v) is 2.25. The van der Waals surface area contributed by atoms with Gasteiger partial charge in [0.2, 0.25) is 0 Å². The van der Waals surface area contributed by atoms with Gasteiger partial charge >= 0.3 is 11.9 Å². The number of carbonyl (C=O) groups is 2. The van der Waals surface area contributed by atoms with E-state index in [1.54, 1.807) is 6.92 Å². The van der Waals surface area contributed by atoms with Gasteiger partial charge in [-0.1, -0.05) is 0 Å². The van der Waals surface area contributed by atoms with Crippen LogP contribution >= 0.6 is 0 Å². The molecule has 1 N–H and O–H groups in total. The van der Waals surface area contributed by atoms with Crippen molar-refractivity contribution in [2.45, 2.75) is 13.3 Å². The van der Waals surface area contributed by atoms with Gasteiger partial charge in [0.1, 0.15) is 4.92 Å². The molecule has 2 heterocycles. The number of hydrazone groups is 2. The molecule has 0 aliphatic carbocycles. The van der Waals surface area contributed by atoms with Gasteiger partial charge in [-0.25, -0.2) is 10.2 Å². The fraction of sp³-hybridized carbons (Fsp3) is 0.200. The number of imide groups is 1. The largest absolute Gasteiger partial charge is 0.433 e. The summed E-state index contributed by atoms with van der Waals surface area (Å²) in [5.41, 5.74) is 2.59. The van der Waals surface area contributed by atoms with Crippen LogP contribution in [0.5, 0.6) is 0 Å². The third kappa shape index (κ3) is 2.85. The minimum atomic E-state index is -0.816. The van der Waals surface area contributed by atoms with Crippen molar-refractivity contribution in [1.29, 1.82) is 0 Å². The third-order valence-electron chi connectivity index (χ3n) is 2.25. The maximum atomic E-state index is 11.5. The average Bonchev–Trinajstić information content (AvgIpc) is 2.96. The second-order valence-corrected chi connectivity index (χ2v) is 3.83. The van der Waals surface area contributed by atoms with Crippen LogP contribution in [0.4, 0.5) is 10.7 Å². The first-order valence-electron chi connectivity index (χ1n) is 5.41. The van der Waals surface area contributed by atoms with E-state index in [1.807, 2.05) is 0 Å². The predicted octanol–water partition coefficient (Wildman–Crippen LogP) is 0.839. The van der Waals surface area contributed by atoms with Crippen molar-refractivity contribution in [3.8, 4) is 0 Å². The monoisotopic (exact) mass is 279 g/mol. The summed E-state index contributed by atoms with van der Waals surface area (Å²) in [4.78, 5) is 32.6. The lowest BCUT2D eigenvalue weighted by Crippen LogP contribution is -2.35. The van der Waals surface area contributed by atoms with Crippen LogP contribution in [0.15, 0.2) is 26.8 Å². The van der Waals surface area contributed by atoms with Crippen LogP contribution in [0.1, 0.15) is 19.1 Å². The van der Waals surface area contributed by atoms with Crippen molar-refractivity contribution in [2.24, 2.45) is 10.2 Å². The summed E-state index contributed by atoms with van der Waals surface area (Å²) in [5.74, 6) is -0.805. The highest BCUT2D eigenvalue weighted by Gasteiger charge is 2.27. The minimum absolute atomic E-state index is 0.0848. The van der Waals surface area contributed by atoms with Crippen LogP contribution in [0.2, 0.25) is 0 Å². The smallest absolute Gasteiger partial charge is 0.400 e. The highest BCUT2D eigenvalue weighted by molar-refractivity contribution is 6.09. The van der Waals surface area contributed by atoms with Crippen LogP contribution in [0, 0.1) is 10.1 Å². The minimum Gasteiger partial charge on any atom is -0.400 e. The highest BCUT2D eigenvalue weighted by Crippen LogP contribution is 2.13. The highest BCUT2D eigenvalue weighted by atomic mass is 16.6. The molecule has 10 nitrogen and oxygen atoms in total. The van der Waals surface area contributed by atoms with Gasteiger partial charge < -0.3 is 4.42 Å². The molecule has 1 aromatic rings. The number of hydrogen-bond donors (Lipinski definition) is 1. The van der Waals surface area contributed by atoms with Crippen LogP contribution in [0.3, 0.4) is 0 Å². The zero-order valence-electron chi connectivity index (χ0n) is 10.3. The molecule has 1 aromatic heterocycles. The second kappa shape index (κ2) is 5.30. The van der Waals surface area contributed by atoms with Crippen LogP contribution in [-0.4, -0.2) is 33.8 Å². The number of hydrogen-bond acceptors (Lipinski definition) is 7. The van der Waals surface area contributed by atoms with Crippen LogP contribution in [-0.2, 0) is 4.79 Å². The number of furan rings is 1. The number of nitrogens with one attached hydrogen (secondary N) is 1. The van der Waals surface area contributed by atoms with E-state index < -0.39 is 22.7 Å². The van der Waals surface area contributed by atoms with Gasteiger partial charge in [-0.3, -0.25) is 14.9 Å². The molecule has 20 heavy (non-hydrogen) atoms. The Morgan fingerprint density at radius 3 is 2.95 bits per heavy atom. The first-order valence-corrected chi connectivity index (χ1v) is 5.41. The molecule has 0 fully saturated rings. The van der Waals surface area contributed by atoms with Crippen LogP contribution < -0.4 is 5.43 Å². The Labute approximate surface area is 111 Å². The quantitative estimate of drug-likeness (QED) is 0.497. The fourth-order valence-electron chi connectivity index (χ4n) is 1.42. The molecule has 1 aliphatic heterocycles. The molecular weight excluding hydrogens is 270 g/mol. The van der Waals surface area contributed by atoms with Gasteiger partial charge in [-0.05, 0) is 13.0 Å². The lowest BCUT2D eigenvalue weighted by Gasteiger charge is -2.07. The molecule has 2 rings (SSSR count). The van der Waals surface area contributed by atoms with Gasteiger partial charge in [-0.2, -0.15) is 10.2 Å². The van der Waals surface area contributed by atoms with Crippen molar-refractivity contribution in [2.75, 3.05) is 0 Å². The Bertz CT molecular complexity index is 632. The molecular formula is C10H9N5O5. The molecule has 0 unspecified atom stereocenters. The lowest BCUT2D eigenvalue weighted by atomic mass is 10.3. The number of urea groups is 1. The molecule has 1 aliphatic rings. The van der Waals surface area contributed by atoms with E-state index in [9.17, 15) is 19.7 Å². The summed E-state index contributed by atoms with van der Waals surface area (Å²) >= 11 is 0. The van der Waals surface area contributed by atoms with E-state index in [2.05, 4.69) is 15.6 Å². The molecule has 0 bridgehead atoms. The standard InChI is InChI=1S/C10H9N5O5/c1-6-4-8(16)14(13-6)10(17)12-11-5-7-2-3-9(20-7)15(18)19/h2-3,5H,4H2,1H3,(H,12,17)/b11-5+. The normalized spacial score (nSPS) is 14.8. The molecule has 0 radical (unpaired) electrons. The molecule has 104 valence electrons. The topological polar surface area (TPSA) is 130 Å². The molecule has 3 amide bonds. The average molecular weight is 279 g/mol. The molecule has 0 atom stereocenters. The van der Waals surface area contributed by atoms with E-state index in [0.717, 1.165) is 12.3 Å². The van der Waals surface area contributed by atoms with Gasteiger partial charge in [0.05, 0.1) is 18.7 Å². The summed E-state index contributed by atoms with van der Waals surface area (Å²) in [5, 5.41) is 18.3. The summed E-state index contributed by atoms with van der Waals surface area (Å²) in [6.07, 6.45) is 1.16. The Kier molecular flexibility index (Phi) is 3.55. The predicted molar refractivity (Wildman–Crippen MR) is 66.1 cm³/mol. The lowest BCUT2D eigenvalue weighted by molar-refractivity contribution is -0.402. The van der Waals surface area contributed by atoms with Crippen LogP contribution in [0.25, 0.3) is 0 Å². The maximum Gasteiger partial charge on any atom is 0.433 e. The Hall–Kier alpha value is -3.04. The summed E-state index contributed by atoms with van der Waals surface area (Å²) < 4.78 is 4.78. The first-order chi connectivity index (χ1) is 9.47. The number of nitro groups is 1. The number of nitrogens with zero attached hydrogens (tertiary/aromatic N) is 4. The molecule has 0 saturated carbocycles. The SMILES string of the molecule is CC1=NN(C(=O)N/N=C/c2ccc([N+](=O)[O-])o2)C(=O)C1. The van der Waals surface area contributed by atoms with E-state index in [-0.39, 0.29) is 12.2 Å². The molecule has 0 saturated heterocycles. The summed E-state index contributed by atoms with van der Waals surface area (Å²) in [6, 6.07) is 1.65. The van der Waals surface area contributed by atoms with Gasteiger partial charge in [0.25, 0.3) is 5.91 Å². The molecule has 10 heteroatoms.